The number of aromatic nitrogens is 1. The number of anilines is 1. The van der Waals surface area contributed by atoms with Crippen LogP contribution in [0.15, 0.2) is 84.1 Å². The third-order valence-corrected chi connectivity index (χ3v) is 7.86. The van der Waals surface area contributed by atoms with E-state index >= 15 is 0 Å². The number of thiazole rings is 1. The summed E-state index contributed by atoms with van der Waals surface area (Å²) in [6, 6.07) is 19.9. The van der Waals surface area contributed by atoms with Crippen molar-refractivity contribution in [1.82, 2.24) is 4.98 Å². The van der Waals surface area contributed by atoms with Crippen molar-refractivity contribution in [2.24, 2.45) is 0 Å². The number of carbonyl (C=O) groups is 2. The van der Waals surface area contributed by atoms with Gasteiger partial charge in [-0.25, -0.2) is 9.37 Å². The lowest BCUT2D eigenvalue weighted by Gasteiger charge is -2.27. The fraction of sp³-hybridized carbons (Fsp3) is 0.138. The van der Waals surface area contributed by atoms with Crippen LogP contribution in [0, 0.1) is 12.7 Å². The van der Waals surface area contributed by atoms with Gasteiger partial charge in [0.1, 0.15) is 10.8 Å². The van der Waals surface area contributed by atoms with Crippen molar-refractivity contribution in [3.8, 4) is 10.6 Å². The predicted molar refractivity (Wildman–Crippen MR) is 144 cm³/mol. The number of aryl methyl sites for hydroxylation is 2. The smallest absolute Gasteiger partial charge is 0.294 e. The monoisotopic (exact) mass is 532 g/mol. The molecule has 1 N–H and O–H groups in total. The van der Waals surface area contributed by atoms with E-state index in [0.717, 1.165) is 23.6 Å². The Morgan fingerprint density at radius 3 is 2.46 bits per heavy atom. The number of carbonyl (C=O) groups excluding carboxylic acids is 2. The molecule has 1 amide bonds. The molecule has 0 radical (unpaired) electrons. The maximum atomic E-state index is 14.0. The molecule has 0 fully saturated rings. The standard InChI is InChI=1S/C29H22ClFN2O3S/c1-3-17-9-11-18(12-10-17)24-23(26(35)29(36)33(24)20-13-14-22(31)21(30)15-20)25(34)27-16(2)32-28(37-27)19-7-5-4-6-8-19/h4-15,24,35H,3H2,1-2H3. The van der Waals surface area contributed by atoms with Gasteiger partial charge in [0.25, 0.3) is 5.91 Å². The summed E-state index contributed by atoms with van der Waals surface area (Å²) in [7, 11) is 0. The van der Waals surface area contributed by atoms with Gasteiger partial charge in [0, 0.05) is 11.3 Å². The van der Waals surface area contributed by atoms with Crippen molar-refractivity contribution in [3.05, 3.63) is 117 Å². The summed E-state index contributed by atoms with van der Waals surface area (Å²) < 4.78 is 13.9. The Kier molecular flexibility index (Phi) is 6.67. The van der Waals surface area contributed by atoms with E-state index in [-0.39, 0.29) is 16.3 Å². The third-order valence-electron chi connectivity index (χ3n) is 6.36. The van der Waals surface area contributed by atoms with Gasteiger partial charge in [0.15, 0.2) is 5.76 Å². The number of hydrogen-bond acceptors (Lipinski definition) is 5. The second-order valence-electron chi connectivity index (χ2n) is 8.66. The van der Waals surface area contributed by atoms with Crippen LogP contribution in [-0.4, -0.2) is 21.8 Å². The SMILES string of the molecule is CCc1ccc(C2C(C(=O)c3sc(-c4ccccc4)nc3C)=C(O)C(=O)N2c2ccc(F)c(Cl)c2)cc1. The number of halogens is 2. The molecular formula is C29H22ClFN2O3S. The molecule has 0 bridgehead atoms. The molecule has 4 aromatic rings. The van der Waals surface area contributed by atoms with Crippen molar-refractivity contribution in [2.45, 2.75) is 26.3 Å². The number of amides is 1. The first-order valence-corrected chi connectivity index (χ1v) is 12.9. The van der Waals surface area contributed by atoms with Crippen LogP contribution in [0.3, 0.4) is 0 Å². The minimum absolute atomic E-state index is 0.0546. The molecular weight excluding hydrogens is 511 g/mol. The molecule has 37 heavy (non-hydrogen) atoms. The molecule has 1 aliphatic rings. The van der Waals surface area contributed by atoms with Crippen LogP contribution in [-0.2, 0) is 11.2 Å². The van der Waals surface area contributed by atoms with Crippen LogP contribution in [0.1, 0.15) is 39.5 Å². The normalized spacial score (nSPS) is 15.5. The molecule has 1 aliphatic heterocycles. The van der Waals surface area contributed by atoms with Crippen LogP contribution >= 0.6 is 22.9 Å². The summed E-state index contributed by atoms with van der Waals surface area (Å²) >= 11 is 7.23. The highest BCUT2D eigenvalue weighted by Gasteiger charge is 2.45. The number of rotatable bonds is 6. The van der Waals surface area contributed by atoms with Crippen molar-refractivity contribution in [3.63, 3.8) is 0 Å². The van der Waals surface area contributed by atoms with Gasteiger partial charge in [-0.15, -0.1) is 11.3 Å². The minimum Gasteiger partial charge on any atom is -0.503 e. The lowest BCUT2D eigenvalue weighted by molar-refractivity contribution is -0.117. The van der Waals surface area contributed by atoms with E-state index in [9.17, 15) is 19.1 Å². The molecule has 1 atom stereocenters. The topological polar surface area (TPSA) is 70.5 Å². The first kappa shape index (κ1) is 24.9. The Morgan fingerprint density at radius 1 is 1.11 bits per heavy atom. The number of aliphatic hydroxyl groups excluding tert-OH is 1. The zero-order chi connectivity index (χ0) is 26.3. The third kappa shape index (κ3) is 4.45. The van der Waals surface area contributed by atoms with Crippen LogP contribution in [0.5, 0.6) is 0 Å². The number of benzene rings is 3. The Labute approximate surface area is 222 Å². The fourth-order valence-corrected chi connectivity index (χ4v) is 5.62. The van der Waals surface area contributed by atoms with Crippen LogP contribution in [0.25, 0.3) is 10.6 Å². The van der Waals surface area contributed by atoms with Gasteiger partial charge in [0.2, 0.25) is 5.78 Å². The van der Waals surface area contributed by atoms with Crippen LogP contribution < -0.4 is 4.90 Å². The zero-order valence-corrected chi connectivity index (χ0v) is 21.6. The van der Waals surface area contributed by atoms with Crippen molar-refractivity contribution < 1.29 is 19.1 Å². The highest BCUT2D eigenvalue weighted by Crippen LogP contribution is 2.44. The van der Waals surface area contributed by atoms with Gasteiger partial charge < -0.3 is 5.11 Å². The molecule has 0 aliphatic carbocycles. The number of aliphatic hydroxyl groups is 1. The van der Waals surface area contributed by atoms with Gasteiger partial charge >= 0.3 is 0 Å². The molecule has 0 spiro atoms. The minimum atomic E-state index is -0.936. The molecule has 5 nitrogen and oxygen atoms in total. The number of nitrogens with zero attached hydrogens (tertiary/aromatic N) is 2. The molecule has 8 heteroatoms. The van der Waals surface area contributed by atoms with Crippen molar-refractivity contribution in [1.29, 1.82) is 0 Å². The molecule has 2 heterocycles. The van der Waals surface area contributed by atoms with E-state index in [1.54, 1.807) is 6.92 Å². The van der Waals surface area contributed by atoms with E-state index in [4.69, 9.17) is 11.6 Å². The lowest BCUT2D eigenvalue weighted by Crippen LogP contribution is -2.31. The molecule has 186 valence electrons. The van der Waals surface area contributed by atoms with Crippen LogP contribution in [0.2, 0.25) is 5.02 Å². The fourth-order valence-electron chi connectivity index (χ4n) is 4.42. The summed E-state index contributed by atoms with van der Waals surface area (Å²) in [6.45, 7) is 3.76. The first-order valence-electron chi connectivity index (χ1n) is 11.7. The maximum absolute atomic E-state index is 14.0. The molecule has 5 rings (SSSR count). The Bertz CT molecular complexity index is 1550. The summed E-state index contributed by atoms with van der Waals surface area (Å²) in [5, 5.41) is 11.5. The lowest BCUT2D eigenvalue weighted by atomic mass is 9.94. The second kappa shape index (κ2) is 9.92. The molecule has 0 saturated heterocycles. The van der Waals surface area contributed by atoms with Gasteiger partial charge in [-0.3, -0.25) is 14.5 Å². The van der Waals surface area contributed by atoms with Crippen molar-refractivity contribution in [2.75, 3.05) is 4.90 Å². The second-order valence-corrected chi connectivity index (χ2v) is 10.1. The predicted octanol–water partition coefficient (Wildman–Crippen LogP) is 7.26. The highest BCUT2D eigenvalue weighted by molar-refractivity contribution is 7.17. The molecule has 1 aromatic heterocycles. The Balaban J connectivity index is 1.64. The molecule has 3 aromatic carbocycles. The van der Waals surface area contributed by atoms with Gasteiger partial charge in [-0.1, -0.05) is 73.1 Å². The summed E-state index contributed by atoms with van der Waals surface area (Å²) in [5.41, 5.74) is 3.29. The zero-order valence-electron chi connectivity index (χ0n) is 20.0. The first-order chi connectivity index (χ1) is 17.8. The van der Waals surface area contributed by atoms with E-state index in [1.165, 1.54) is 28.4 Å². The Hall–Kier alpha value is -3.81. The quantitative estimate of drug-likeness (QED) is 0.265. The van der Waals surface area contributed by atoms with Crippen LogP contribution in [0.4, 0.5) is 10.1 Å². The highest BCUT2D eigenvalue weighted by atomic mass is 35.5. The number of ketones is 1. The summed E-state index contributed by atoms with van der Waals surface area (Å²) in [5.74, 6) is -2.53. The maximum Gasteiger partial charge on any atom is 0.294 e. The average molecular weight is 533 g/mol. The number of hydrogen-bond donors (Lipinski definition) is 1. The summed E-state index contributed by atoms with van der Waals surface area (Å²) in [4.78, 5) is 33.5. The van der Waals surface area contributed by atoms with Gasteiger partial charge in [0.05, 0.1) is 27.2 Å². The largest absolute Gasteiger partial charge is 0.503 e. The van der Waals surface area contributed by atoms with E-state index in [1.807, 2.05) is 61.5 Å². The summed E-state index contributed by atoms with van der Waals surface area (Å²) in [6.07, 6.45) is 0.816. The average Bonchev–Trinajstić information content (AvgIpc) is 3.43. The molecule has 1 unspecified atom stereocenters. The number of Topliss-reactive ketones (excluding diaryl/α,β-unsaturated/α-hetero) is 1. The van der Waals surface area contributed by atoms with E-state index < -0.39 is 29.3 Å². The van der Waals surface area contributed by atoms with Gasteiger partial charge in [-0.2, -0.15) is 0 Å². The molecule has 0 saturated carbocycles. The Morgan fingerprint density at radius 2 is 1.81 bits per heavy atom. The van der Waals surface area contributed by atoms with Crippen molar-refractivity contribution >= 4 is 40.3 Å². The van der Waals surface area contributed by atoms with E-state index in [0.29, 0.717) is 21.1 Å². The van der Waals surface area contributed by atoms with E-state index in [2.05, 4.69) is 4.98 Å². The van der Waals surface area contributed by atoms with Gasteiger partial charge in [-0.05, 0) is 42.7 Å².